The monoisotopic (exact) mass is 383 g/mol. The van der Waals surface area contributed by atoms with Crippen LogP contribution >= 0.6 is 0 Å². The maximum absolute atomic E-state index is 13.0. The van der Waals surface area contributed by atoms with Crippen molar-refractivity contribution < 1.29 is 9.18 Å². The Kier molecular flexibility index (Phi) is 6.84. The van der Waals surface area contributed by atoms with Gasteiger partial charge in [0.2, 0.25) is 0 Å². The Balaban J connectivity index is 1.36. The Labute approximate surface area is 164 Å². The summed E-state index contributed by atoms with van der Waals surface area (Å²) in [5, 5.41) is 2.88. The molecule has 1 amide bonds. The molecular formula is C21H26FN5O. The number of nitrogens with one attached hydrogen (secondary N) is 1. The van der Waals surface area contributed by atoms with Crippen LogP contribution in [0, 0.1) is 5.82 Å². The van der Waals surface area contributed by atoms with Crippen LogP contribution in [0.2, 0.25) is 0 Å². The van der Waals surface area contributed by atoms with E-state index in [1.54, 1.807) is 24.3 Å². The van der Waals surface area contributed by atoms with E-state index in [1.165, 1.54) is 12.1 Å². The number of carbonyl (C=O) groups is 1. The van der Waals surface area contributed by atoms with Gasteiger partial charge in [-0.05, 0) is 42.8 Å². The molecule has 0 aromatic heterocycles. The smallest absolute Gasteiger partial charge is 0.251 e. The zero-order valence-corrected chi connectivity index (χ0v) is 15.9. The molecule has 2 aromatic carbocycles. The quantitative estimate of drug-likeness (QED) is 0.455. The molecule has 0 bridgehead atoms. The maximum Gasteiger partial charge on any atom is 0.251 e. The number of hydrogen-bond donors (Lipinski definition) is 2. The second-order valence-corrected chi connectivity index (χ2v) is 6.67. The van der Waals surface area contributed by atoms with Gasteiger partial charge in [0.25, 0.3) is 5.91 Å². The van der Waals surface area contributed by atoms with Crippen LogP contribution in [0.4, 0.5) is 10.1 Å². The summed E-state index contributed by atoms with van der Waals surface area (Å²) in [5.41, 5.74) is 7.78. The molecule has 28 heavy (non-hydrogen) atoms. The number of nitrogens with zero attached hydrogens (tertiary/aromatic N) is 3. The summed E-state index contributed by atoms with van der Waals surface area (Å²) < 4.78 is 13.0. The van der Waals surface area contributed by atoms with Crippen LogP contribution < -0.4 is 16.0 Å². The van der Waals surface area contributed by atoms with Crippen LogP contribution in [0.25, 0.3) is 0 Å². The van der Waals surface area contributed by atoms with Gasteiger partial charge in [0.1, 0.15) is 5.82 Å². The molecule has 0 aliphatic carbocycles. The molecule has 1 fully saturated rings. The van der Waals surface area contributed by atoms with Gasteiger partial charge in [-0.15, -0.1) is 0 Å². The number of rotatable bonds is 6. The average Bonchev–Trinajstić information content (AvgIpc) is 2.74. The van der Waals surface area contributed by atoms with Crippen molar-refractivity contribution in [2.75, 3.05) is 44.2 Å². The number of guanidine groups is 1. The minimum atomic E-state index is -0.223. The van der Waals surface area contributed by atoms with Crippen LogP contribution in [0.15, 0.2) is 59.6 Å². The first kappa shape index (κ1) is 19.7. The summed E-state index contributed by atoms with van der Waals surface area (Å²) in [4.78, 5) is 20.6. The van der Waals surface area contributed by atoms with Crippen molar-refractivity contribution in [2.24, 2.45) is 10.7 Å². The number of halogens is 1. The Morgan fingerprint density at radius 2 is 1.71 bits per heavy atom. The number of amides is 1. The minimum absolute atomic E-state index is 0.0746. The molecule has 148 valence electrons. The predicted molar refractivity (Wildman–Crippen MR) is 110 cm³/mol. The lowest BCUT2D eigenvalue weighted by Crippen LogP contribution is -2.51. The van der Waals surface area contributed by atoms with Crippen LogP contribution in [0.1, 0.15) is 16.8 Å². The third-order valence-electron chi connectivity index (χ3n) is 4.73. The van der Waals surface area contributed by atoms with Gasteiger partial charge in [0.05, 0.1) is 0 Å². The highest BCUT2D eigenvalue weighted by Crippen LogP contribution is 2.16. The Morgan fingerprint density at radius 3 is 2.39 bits per heavy atom. The summed E-state index contributed by atoms with van der Waals surface area (Å²) in [6, 6.07) is 15.7. The molecule has 0 spiro atoms. The summed E-state index contributed by atoms with van der Waals surface area (Å²) in [7, 11) is 0. The number of carbonyl (C=O) groups excluding carboxylic acids is 1. The largest absolute Gasteiger partial charge is 0.370 e. The molecule has 1 heterocycles. The van der Waals surface area contributed by atoms with Crippen molar-refractivity contribution in [3.8, 4) is 0 Å². The normalized spacial score (nSPS) is 14.8. The predicted octanol–water partition coefficient (Wildman–Crippen LogP) is 2.08. The molecule has 0 atom stereocenters. The van der Waals surface area contributed by atoms with Gasteiger partial charge < -0.3 is 20.9 Å². The standard InChI is InChI=1S/C21H26FN5O/c22-18-7-9-19(10-8-18)26-13-15-27(16-14-26)21(23)25-12-4-11-24-20(28)17-5-2-1-3-6-17/h1-3,5-10H,4,11-16H2,(H2,23,25)(H,24,28). The lowest BCUT2D eigenvalue weighted by Gasteiger charge is -2.36. The van der Waals surface area contributed by atoms with E-state index in [2.05, 4.69) is 20.1 Å². The second kappa shape index (κ2) is 9.73. The van der Waals surface area contributed by atoms with Crippen molar-refractivity contribution in [3.63, 3.8) is 0 Å². The molecule has 3 rings (SSSR count). The first-order valence-electron chi connectivity index (χ1n) is 9.52. The summed E-state index contributed by atoms with van der Waals surface area (Å²) >= 11 is 0. The van der Waals surface area contributed by atoms with Crippen molar-refractivity contribution in [3.05, 3.63) is 66.0 Å². The van der Waals surface area contributed by atoms with E-state index in [4.69, 9.17) is 5.73 Å². The minimum Gasteiger partial charge on any atom is -0.370 e. The van der Waals surface area contributed by atoms with E-state index in [0.717, 1.165) is 38.3 Å². The zero-order chi connectivity index (χ0) is 19.8. The molecule has 0 saturated carbocycles. The fourth-order valence-electron chi connectivity index (χ4n) is 3.11. The number of hydrogen-bond acceptors (Lipinski definition) is 3. The summed E-state index contributed by atoms with van der Waals surface area (Å²) in [6.45, 7) is 4.31. The Bertz CT molecular complexity index is 786. The lowest BCUT2D eigenvalue weighted by atomic mass is 10.2. The first-order chi connectivity index (χ1) is 13.6. The Hall–Kier alpha value is -3.09. The van der Waals surface area contributed by atoms with Crippen LogP contribution in [0.3, 0.4) is 0 Å². The SMILES string of the molecule is NC(=NCCCNC(=O)c1ccccc1)N1CCN(c2ccc(F)cc2)CC1. The van der Waals surface area contributed by atoms with E-state index in [9.17, 15) is 9.18 Å². The topological polar surface area (TPSA) is 74.0 Å². The fourth-order valence-corrected chi connectivity index (χ4v) is 3.11. The van der Waals surface area contributed by atoms with Gasteiger partial charge >= 0.3 is 0 Å². The number of nitrogens with two attached hydrogens (primary N) is 1. The molecule has 2 aromatic rings. The van der Waals surface area contributed by atoms with Crippen LogP contribution in [-0.4, -0.2) is 56.0 Å². The Morgan fingerprint density at radius 1 is 1.04 bits per heavy atom. The second-order valence-electron chi connectivity index (χ2n) is 6.67. The van der Waals surface area contributed by atoms with Crippen LogP contribution in [0.5, 0.6) is 0 Å². The fraction of sp³-hybridized carbons (Fsp3) is 0.333. The van der Waals surface area contributed by atoms with Gasteiger partial charge in [0.15, 0.2) is 5.96 Å². The maximum atomic E-state index is 13.0. The number of anilines is 1. The third-order valence-corrected chi connectivity index (χ3v) is 4.73. The lowest BCUT2D eigenvalue weighted by molar-refractivity contribution is 0.0953. The summed E-state index contributed by atoms with van der Waals surface area (Å²) in [6.07, 6.45) is 0.731. The highest BCUT2D eigenvalue weighted by atomic mass is 19.1. The number of piperazine rings is 1. The van der Waals surface area contributed by atoms with Crippen molar-refractivity contribution >= 4 is 17.6 Å². The number of benzene rings is 2. The molecule has 0 radical (unpaired) electrons. The molecule has 0 unspecified atom stereocenters. The van der Waals surface area contributed by atoms with Crippen molar-refractivity contribution in [1.82, 2.24) is 10.2 Å². The van der Waals surface area contributed by atoms with Gasteiger partial charge in [-0.1, -0.05) is 18.2 Å². The van der Waals surface area contributed by atoms with E-state index >= 15 is 0 Å². The van der Waals surface area contributed by atoms with E-state index in [-0.39, 0.29) is 11.7 Å². The van der Waals surface area contributed by atoms with Gasteiger partial charge in [-0.2, -0.15) is 0 Å². The van der Waals surface area contributed by atoms with Crippen molar-refractivity contribution in [1.29, 1.82) is 0 Å². The molecule has 3 N–H and O–H groups in total. The molecule has 1 saturated heterocycles. The average molecular weight is 383 g/mol. The molecule has 6 nitrogen and oxygen atoms in total. The van der Waals surface area contributed by atoms with Gasteiger partial charge in [0, 0.05) is 50.5 Å². The number of aliphatic imine (C=N–C) groups is 1. The van der Waals surface area contributed by atoms with E-state index in [0.29, 0.717) is 24.6 Å². The molecular weight excluding hydrogens is 357 g/mol. The zero-order valence-electron chi connectivity index (χ0n) is 15.9. The molecule has 1 aliphatic heterocycles. The third kappa shape index (κ3) is 5.45. The molecule has 7 heteroatoms. The molecule has 1 aliphatic rings. The summed E-state index contributed by atoms with van der Waals surface area (Å²) in [5.74, 6) is 0.237. The van der Waals surface area contributed by atoms with E-state index in [1.807, 2.05) is 18.2 Å². The van der Waals surface area contributed by atoms with Gasteiger partial charge in [-0.25, -0.2) is 4.39 Å². The van der Waals surface area contributed by atoms with Crippen LogP contribution in [-0.2, 0) is 0 Å². The van der Waals surface area contributed by atoms with Gasteiger partial charge in [-0.3, -0.25) is 9.79 Å². The van der Waals surface area contributed by atoms with E-state index < -0.39 is 0 Å². The highest BCUT2D eigenvalue weighted by Gasteiger charge is 2.18. The van der Waals surface area contributed by atoms with Crippen molar-refractivity contribution in [2.45, 2.75) is 6.42 Å². The highest BCUT2D eigenvalue weighted by molar-refractivity contribution is 5.94. The first-order valence-corrected chi connectivity index (χ1v) is 9.52.